The Morgan fingerprint density at radius 1 is 1.06 bits per heavy atom. The molecule has 0 unspecified atom stereocenters. The first-order valence-corrected chi connectivity index (χ1v) is 12.6. The number of carbonyl (C=O) groups is 1. The highest BCUT2D eigenvalue weighted by molar-refractivity contribution is 9.10. The molecular weight excluding hydrogens is 488 g/mol. The molecule has 0 radical (unpaired) electrons. The zero-order chi connectivity index (χ0) is 23.0. The third-order valence-corrected chi connectivity index (χ3v) is 8.15. The zero-order valence-corrected chi connectivity index (χ0v) is 20.7. The Hall–Kier alpha value is -2.64. The molecule has 166 valence electrons. The quantitative estimate of drug-likeness (QED) is 0.477. The fraction of sp³-hybridized carbons (Fsp3) is 0.240. The van der Waals surface area contributed by atoms with Crippen LogP contribution >= 0.6 is 15.9 Å². The highest BCUT2D eigenvalue weighted by atomic mass is 79.9. The molecule has 0 aliphatic carbocycles. The van der Waals surface area contributed by atoms with Gasteiger partial charge in [-0.05, 0) is 73.9 Å². The van der Waals surface area contributed by atoms with E-state index in [2.05, 4.69) is 28.9 Å². The van der Waals surface area contributed by atoms with E-state index in [1.54, 1.807) is 36.4 Å². The topological polar surface area (TPSA) is 57.7 Å². The maximum atomic E-state index is 13.1. The van der Waals surface area contributed by atoms with Crippen LogP contribution in [0.5, 0.6) is 0 Å². The predicted octanol–water partition coefficient (Wildman–Crippen LogP) is 5.10. The third kappa shape index (κ3) is 4.32. The highest BCUT2D eigenvalue weighted by Gasteiger charge is 2.31. The molecule has 0 spiro atoms. The second-order valence-electron chi connectivity index (χ2n) is 8.22. The Morgan fingerprint density at radius 3 is 2.38 bits per heavy atom. The van der Waals surface area contributed by atoms with Gasteiger partial charge in [-0.3, -0.25) is 9.10 Å². The van der Waals surface area contributed by atoms with E-state index < -0.39 is 10.0 Å². The Kier molecular flexibility index (Phi) is 6.14. The Morgan fingerprint density at radius 2 is 1.72 bits per heavy atom. The van der Waals surface area contributed by atoms with Crippen molar-refractivity contribution in [2.24, 2.45) is 0 Å². The summed E-state index contributed by atoms with van der Waals surface area (Å²) in [6, 6.07) is 20.0. The van der Waals surface area contributed by atoms with Gasteiger partial charge in [0.15, 0.2) is 0 Å². The van der Waals surface area contributed by atoms with Gasteiger partial charge in [0.05, 0.1) is 17.0 Å². The van der Waals surface area contributed by atoms with Crippen LogP contribution in [0.15, 0.2) is 76.1 Å². The van der Waals surface area contributed by atoms with Crippen LogP contribution in [-0.2, 0) is 27.7 Å². The number of halogens is 1. The van der Waals surface area contributed by atoms with E-state index in [0.29, 0.717) is 5.69 Å². The number of hydrogen-bond acceptors (Lipinski definition) is 3. The minimum absolute atomic E-state index is 0.0342. The van der Waals surface area contributed by atoms with E-state index in [1.165, 1.54) is 16.9 Å². The summed E-state index contributed by atoms with van der Waals surface area (Å²) in [5, 5.41) is 0. The number of anilines is 2. The lowest BCUT2D eigenvalue weighted by molar-refractivity contribution is -0.118. The summed E-state index contributed by atoms with van der Waals surface area (Å²) in [7, 11) is -2.11. The Balaban J connectivity index is 1.50. The van der Waals surface area contributed by atoms with Crippen LogP contribution in [-0.4, -0.2) is 27.4 Å². The SMILES string of the molecule is Cc1ccc(S(=O)(=O)N(C)c2ccc(CC(=O)N3c4ccc(Br)cc4C[C@H]3C)cc2)cc1. The maximum absolute atomic E-state index is 13.1. The van der Waals surface area contributed by atoms with Gasteiger partial charge in [-0.25, -0.2) is 8.42 Å². The van der Waals surface area contributed by atoms with Crippen molar-refractivity contribution in [3.8, 4) is 0 Å². The van der Waals surface area contributed by atoms with Gasteiger partial charge in [-0.1, -0.05) is 45.8 Å². The highest BCUT2D eigenvalue weighted by Crippen LogP contribution is 2.34. The van der Waals surface area contributed by atoms with Crippen molar-refractivity contribution >= 4 is 43.2 Å². The first kappa shape index (κ1) is 22.6. The van der Waals surface area contributed by atoms with E-state index >= 15 is 0 Å². The number of aryl methyl sites for hydroxylation is 1. The fourth-order valence-electron chi connectivity index (χ4n) is 4.07. The molecule has 1 aliphatic heterocycles. The molecule has 1 atom stereocenters. The van der Waals surface area contributed by atoms with Crippen LogP contribution in [0.4, 0.5) is 11.4 Å². The van der Waals surface area contributed by atoms with E-state index in [4.69, 9.17) is 0 Å². The van der Waals surface area contributed by atoms with Gasteiger partial charge < -0.3 is 4.90 Å². The summed E-state index contributed by atoms with van der Waals surface area (Å²) in [6.07, 6.45) is 1.09. The number of rotatable bonds is 5. The molecule has 3 aromatic rings. The van der Waals surface area contributed by atoms with Gasteiger partial charge in [-0.2, -0.15) is 0 Å². The normalized spacial score (nSPS) is 15.5. The van der Waals surface area contributed by atoms with Crippen molar-refractivity contribution in [2.75, 3.05) is 16.3 Å². The minimum Gasteiger partial charge on any atom is -0.309 e. The average molecular weight is 513 g/mol. The van der Waals surface area contributed by atoms with E-state index in [9.17, 15) is 13.2 Å². The van der Waals surface area contributed by atoms with Crippen LogP contribution in [0.25, 0.3) is 0 Å². The van der Waals surface area contributed by atoms with E-state index in [1.807, 2.05) is 36.1 Å². The smallest absolute Gasteiger partial charge is 0.264 e. The molecule has 7 heteroatoms. The molecule has 0 saturated heterocycles. The first-order valence-electron chi connectivity index (χ1n) is 10.4. The largest absolute Gasteiger partial charge is 0.309 e. The molecule has 0 bridgehead atoms. The van der Waals surface area contributed by atoms with Crippen LogP contribution < -0.4 is 9.21 Å². The Labute approximate surface area is 197 Å². The first-order chi connectivity index (χ1) is 15.2. The number of carbonyl (C=O) groups excluding carboxylic acids is 1. The van der Waals surface area contributed by atoms with Gasteiger partial charge in [0.2, 0.25) is 5.91 Å². The molecule has 0 N–H and O–H groups in total. The summed E-state index contributed by atoms with van der Waals surface area (Å²) in [5.41, 5.74) is 4.53. The van der Waals surface area contributed by atoms with Crippen molar-refractivity contribution in [1.29, 1.82) is 0 Å². The third-order valence-electron chi connectivity index (χ3n) is 5.86. The van der Waals surface area contributed by atoms with Gasteiger partial charge in [0.25, 0.3) is 10.0 Å². The Bertz CT molecular complexity index is 1260. The predicted molar refractivity (Wildman–Crippen MR) is 132 cm³/mol. The molecule has 1 amide bonds. The summed E-state index contributed by atoms with van der Waals surface area (Å²) >= 11 is 3.50. The molecule has 0 fully saturated rings. The second-order valence-corrected chi connectivity index (χ2v) is 11.1. The number of nitrogens with zero attached hydrogens (tertiary/aromatic N) is 2. The van der Waals surface area contributed by atoms with E-state index in [-0.39, 0.29) is 23.3 Å². The standard InChI is InChI=1S/C25H25BrN2O3S/c1-17-4-11-23(12-5-17)32(30,31)27(3)22-9-6-19(7-10-22)15-25(29)28-18(2)14-20-16-21(26)8-13-24(20)28/h4-13,16,18H,14-15H2,1-3H3/t18-/m1/s1. The molecule has 4 rings (SSSR count). The maximum Gasteiger partial charge on any atom is 0.264 e. The number of hydrogen-bond donors (Lipinski definition) is 0. The number of fused-ring (bicyclic) bond motifs is 1. The lowest BCUT2D eigenvalue weighted by Gasteiger charge is -2.23. The molecule has 0 saturated carbocycles. The fourth-order valence-corrected chi connectivity index (χ4v) is 5.67. The van der Waals surface area contributed by atoms with Crippen LogP contribution in [0.2, 0.25) is 0 Å². The molecule has 1 aliphatic rings. The van der Waals surface area contributed by atoms with Gasteiger partial charge >= 0.3 is 0 Å². The minimum atomic E-state index is -3.65. The lowest BCUT2D eigenvalue weighted by Crippen LogP contribution is -2.36. The molecular formula is C25H25BrN2O3S. The average Bonchev–Trinajstić information content (AvgIpc) is 3.08. The van der Waals surface area contributed by atoms with Crippen molar-refractivity contribution < 1.29 is 13.2 Å². The summed E-state index contributed by atoms with van der Waals surface area (Å²) in [6.45, 7) is 3.97. The molecule has 5 nitrogen and oxygen atoms in total. The van der Waals surface area contributed by atoms with Gasteiger partial charge in [0, 0.05) is 23.2 Å². The lowest BCUT2D eigenvalue weighted by atomic mass is 10.1. The van der Waals surface area contributed by atoms with Gasteiger partial charge in [0.1, 0.15) is 0 Å². The summed E-state index contributed by atoms with van der Waals surface area (Å²) in [4.78, 5) is 15.2. The van der Waals surface area contributed by atoms with Crippen LogP contribution in [0.1, 0.15) is 23.6 Å². The molecule has 0 aromatic heterocycles. The summed E-state index contributed by atoms with van der Waals surface area (Å²) < 4.78 is 28.1. The van der Waals surface area contributed by atoms with Gasteiger partial charge in [-0.15, -0.1) is 0 Å². The van der Waals surface area contributed by atoms with Crippen LogP contribution in [0.3, 0.4) is 0 Å². The molecule has 3 aromatic carbocycles. The summed E-state index contributed by atoms with van der Waals surface area (Å²) in [5.74, 6) is 0.0342. The van der Waals surface area contributed by atoms with Crippen molar-refractivity contribution in [3.63, 3.8) is 0 Å². The molecule has 1 heterocycles. The number of benzene rings is 3. The van der Waals surface area contributed by atoms with Crippen LogP contribution in [0, 0.1) is 6.92 Å². The zero-order valence-electron chi connectivity index (χ0n) is 18.2. The van der Waals surface area contributed by atoms with Crippen molar-refractivity contribution in [1.82, 2.24) is 0 Å². The van der Waals surface area contributed by atoms with Crippen molar-refractivity contribution in [2.45, 2.75) is 37.6 Å². The number of amides is 1. The monoisotopic (exact) mass is 512 g/mol. The molecule has 32 heavy (non-hydrogen) atoms. The number of sulfonamides is 1. The second kappa shape index (κ2) is 8.71. The van der Waals surface area contributed by atoms with Crippen molar-refractivity contribution in [3.05, 3.63) is 87.9 Å². The van der Waals surface area contributed by atoms with E-state index in [0.717, 1.165) is 27.7 Å².